The Labute approximate surface area is 170 Å². The number of aliphatic hydroxyl groups excluding tert-OH is 1. The Morgan fingerprint density at radius 2 is 2.04 bits per heavy atom. The second-order valence-corrected chi connectivity index (χ2v) is 11.0. The molecule has 4 aliphatic rings. The van der Waals surface area contributed by atoms with Gasteiger partial charge < -0.3 is 5.11 Å². The van der Waals surface area contributed by atoms with E-state index < -0.39 is 0 Å². The summed E-state index contributed by atoms with van der Waals surface area (Å²) in [6.45, 7) is 8.23. The summed E-state index contributed by atoms with van der Waals surface area (Å²) in [5, 5.41) is 13.9. The molecule has 0 amide bonds. The van der Waals surface area contributed by atoms with Crippen LogP contribution in [0.5, 0.6) is 0 Å². The van der Waals surface area contributed by atoms with E-state index in [0.717, 1.165) is 48.9 Å². The minimum atomic E-state index is -0.105. The zero-order chi connectivity index (χ0) is 19.9. The number of hydrogen-bond acceptors (Lipinski definition) is 2. The molecule has 0 unspecified atom stereocenters. The van der Waals surface area contributed by atoms with E-state index >= 15 is 0 Å². The first kappa shape index (κ1) is 20.3. The third kappa shape index (κ3) is 3.21. The van der Waals surface area contributed by atoms with Crippen molar-refractivity contribution in [3.63, 3.8) is 0 Å². The van der Waals surface area contributed by atoms with Crippen LogP contribution in [0, 0.1) is 40.4 Å². The van der Waals surface area contributed by atoms with E-state index in [0.29, 0.717) is 17.4 Å². The first-order chi connectivity index (χ1) is 13.4. The Kier molecular flexibility index (Phi) is 5.57. The molecule has 3 fully saturated rings. The minimum absolute atomic E-state index is 0.105. The van der Waals surface area contributed by atoms with Gasteiger partial charge in [0.15, 0.2) is 0 Å². The van der Waals surface area contributed by atoms with Gasteiger partial charge in [0.05, 0.1) is 6.10 Å². The Bertz CT molecular complexity index is 669. The maximum atomic E-state index is 10.2. The number of aliphatic hydroxyl groups is 1. The Hall–Kier alpha value is -0.990. The molecule has 3 saturated carbocycles. The highest BCUT2D eigenvalue weighted by Crippen LogP contribution is 2.67. The molecule has 156 valence electrons. The first-order valence-corrected chi connectivity index (χ1v) is 11.8. The summed E-state index contributed by atoms with van der Waals surface area (Å²) in [4.78, 5) is 2.90. The summed E-state index contributed by atoms with van der Waals surface area (Å²) in [6.07, 6.45) is 14.6. The van der Waals surface area contributed by atoms with Crippen molar-refractivity contribution in [3.05, 3.63) is 22.1 Å². The quantitative estimate of drug-likeness (QED) is 0.186. The van der Waals surface area contributed by atoms with Crippen molar-refractivity contribution in [2.24, 2.45) is 45.5 Å². The van der Waals surface area contributed by atoms with Crippen LogP contribution in [0.4, 0.5) is 0 Å². The highest BCUT2D eigenvalue weighted by atomic mass is 16.3. The van der Waals surface area contributed by atoms with Crippen molar-refractivity contribution in [2.75, 3.05) is 6.54 Å². The molecule has 0 heterocycles. The van der Waals surface area contributed by atoms with Gasteiger partial charge in [0.2, 0.25) is 0 Å². The lowest BCUT2D eigenvalue weighted by Crippen LogP contribution is -2.50. The molecule has 0 aromatic carbocycles. The molecule has 8 atom stereocenters. The van der Waals surface area contributed by atoms with Gasteiger partial charge in [-0.1, -0.05) is 44.0 Å². The molecule has 0 bridgehead atoms. The van der Waals surface area contributed by atoms with Crippen molar-refractivity contribution in [1.82, 2.24) is 0 Å². The van der Waals surface area contributed by atoms with Gasteiger partial charge in [-0.15, -0.1) is 0 Å². The van der Waals surface area contributed by atoms with Crippen LogP contribution in [0.15, 0.2) is 16.8 Å². The fraction of sp³-hybridized carbons (Fsp3) is 0.917. The van der Waals surface area contributed by atoms with E-state index in [2.05, 4.69) is 36.9 Å². The number of allylic oxidation sites excluding steroid dienone is 1. The van der Waals surface area contributed by atoms with Crippen LogP contribution in [-0.2, 0) is 0 Å². The number of nitrogens with zero attached hydrogens (tertiary/aromatic N) is 3. The summed E-state index contributed by atoms with van der Waals surface area (Å²) in [6, 6.07) is 0. The summed E-state index contributed by atoms with van der Waals surface area (Å²) in [7, 11) is 0. The van der Waals surface area contributed by atoms with Crippen LogP contribution in [0.25, 0.3) is 10.4 Å². The Morgan fingerprint density at radius 3 is 2.82 bits per heavy atom. The van der Waals surface area contributed by atoms with Gasteiger partial charge in [0.1, 0.15) is 0 Å². The van der Waals surface area contributed by atoms with E-state index in [1.54, 1.807) is 5.57 Å². The zero-order valence-corrected chi connectivity index (χ0v) is 18.1. The van der Waals surface area contributed by atoms with E-state index in [4.69, 9.17) is 5.53 Å². The average Bonchev–Trinajstić information content (AvgIpc) is 3.03. The number of fused-ring (bicyclic) bond motifs is 5. The SMILES string of the molecule is C[C@H](CCCN=[N+]=[N-])[C@H]1CC[C@H]2[C@@H]3CC=C4C[C@@H](O)CC[C@]4(C)[C@H]3CC[C@]12C. The summed E-state index contributed by atoms with van der Waals surface area (Å²) < 4.78 is 0. The third-order valence-corrected chi connectivity index (χ3v) is 9.82. The van der Waals surface area contributed by atoms with E-state index in [1.165, 1.54) is 44.9 Å². The van der Waals surface area contributed by atoms with Crippen molar-refractivity contribution in [3.8, 4) is 0 Å². The van der Waals surface area contributed by atoms with Gasteiger partial charge in [-0.25, -0.2) is 0 Å². The van der Waals surface area contributed by atoms with Crippen LogP contribution in [0.2, 0.25) is 0 Å². The lowest BCUT2D eigenvalue weighted by atomic mass is 9.47. The van der Waals surface area contributed by atoms with E-state index in [9.17, 15) is 5.11 Å². The summed E-state index contributed by atoms with van der Waals surface area (Å²) >= 11 is 0. The molecular formula is C24H39N3O. The van der Waals surface area contributed by atoms with Gasteiger partial charge in [-0.05, 0) is 104 Å². The monoisotopic (exact) mass is 385 g/mol. The molecule has 0 radical (unpaired) electrons. The molecule has 4 aliphatic carbocycles. The summed E-state index contributed by atoms with van der Waals surface area (Å²) in [5.41, 5.74) is 10.9. The maximum absolute atomic E-state index is 10.2. The molecule has 0 aromatic heterocycles. The van der Waals surface area contributed by atoms with Crippen LogP contribution in [-0.4, -0.2) is 17.8 Å². The third-order valence-electron chi connectivity index (χ3n) is 9.82. The van der Waals surface area contributed by atoms with Gasteiger partial charge >= 0.3 is 0 Å². The predicted molar refractivity (Wildman–Crippen MR) is 114 cm³/mol. The molecule has 4 rings (SSSR count). The van der Waals surface area contributed by atoms with Crippen molar-refractivity contribution >= 4 is 0 Å². The van der Waals surface area contributed by atoms with Crippen molar-refractivity contribution in [1.29, 1.82) is 0 Å². The van der Waals surface area contributed by atoms with Crippen LogP contribution in [0.3, 0.4) is 0 Å². The second-order valence-electron chi connectivity index (χ2n) is 11.0. The molecular weight excluding hydrogens is 346 g/mol. The lowest BCUT2D eigenvalue weighted by molar-refractivity contribution is -0.0572. The molecule has 4 nitrogen and oxygen atoms in total. The smallest absolute Gasteiger partial charge is 0.0577 e. The standard InChI is InChI=1S/C24H39N3O/c1-16(5-4-14-26-27-25)20-8-9-21-19-7-6-17-15-18(28)10-12-23(17,2)22(19)11-13-24(20,21)3/h6,16,18-22,28H,4-5,7-15H2,1-3H3/t16-,18+,19+,20-,21+,22+,23+,24-/m1/s1. The van der Waals surface area contributed by atoms with Crippen LogP contribution in [0.1, 0.15) is 85.0 Å². The summed E-state index contributed by atoms with van der Waals surface area (Å²) in [5.74, 6) is 4.11. The minimum Gasteiger partial charge on any atom is -0.393 e. The largest absolute Gasteiger partial charge is 0.393 e. The molecule has 28 heavy (non-hydrogen) atoms. The van der Waals surface area contributed by atoms with E-state index in [1.807, 2.05) is 0 Å². The molecule has 4 heteroatoms. The van der Waals surface area contributed by atoms with E-state index in [-0.39, 0.29) is 6.10 Å². The highest BCUT2D eigenvalue weighted by molar-refractivity contribution is 5.25. The van der Waals surface area contributed by atoms with Gasteiger partial charge in [0.25, 0.3) is 0 Å². The normalized spacial score (nSPS) is 45.9. The Morgan fingerprint density at radius 1 is 1.21 bits per heavy atom. The molecule has 0 spiro atoms. The van der Waals surface area contributed by atoms with Gasteiger partial charge in [0, 0.05) is 11.5 Å². The molecule has 0 saturated heterocycles. The highest BCUT2D eigenvalue weighted by Gasteiger charge is 2.58. The average molecular weight is 386 g/mol. The molecule has 0 aliphatic heterocycles. The van der Waals surface area contributed by atoms with Crippen LogP contribution < -0.4 is 0 Å². The predicted octanol–water partition coefficient (Wildman–Crippen LogP) is 6.65. The van der Waals surface area contributed by atoms with Crippen molar-refractivity contribution in [2.45, 2.75) is 91.1 Å². The van der Waals surface area contributed by atoms with Crippen molar-refractivity contribution < 1.29 is 5.11 Å². The maximum Gasteiger partial charge on any atom is 0.0577 e. The Balaban J connectivity index is 1.50. The van der Waals surface area contributed by atoms with Gasteiger partial charge in [-0.3, -0.25) is 0 Å². The zero-order valence-electron chi connectivity index (χ0n) is 18.1. The first-order valence-electron chi connectivity index (χ1n) is 11.8. The molecule has 1 N–H and O–H groups in total. The fourth-order valence-corrected chi connectivity index (χ4v) is 8.35. The number of azide groups is 1. The molecule has 0 aromatic rings. The number of hydrogen-bond donors (Lipinski definition) is 1. The lowest BCUT2D eigenvalue weighted by Gasteiger charge is -2.58. The van der Waals surface area contributed by atoms with Gasteiger partial charge in [-0.2, -0.15) is 0 Å². The van der Waals surface area contributed by atoms with Crippen LogP contribution >= 0.6 is 0 Å². The second kappa shape index (κ2) is 7.69. The topological polar surface area (TPSA) is 69.0 Å². The fourth-order valence-electron chi connectivity index (χ4n) is 8.35. The number of rotatable bonds is 5.